The van der Waals surface area contributed by atoms with Gasteiger partial charge in [-0.1, -0.05) is 12.1 Å². The highest BCUT2D eigenvalue weighted by Crippen LogP contribution is 2.24. The third kappa shape index (κ3) is 2.19. The number of esters is 1. The average molecular weight is 273 g/mol. The molecule has 5 nitrogen and oxygen atoms in total. The molecule has 0 aliphatic carbocycles. The Morgan fingerprint density at radius 2 is 1.75 bits per heavy atom. The second-order valence-corrected chi connectivity index (χ2v) is 5.10. The van der Waals surface area contributed by atoms with Crippen LogP contribution in [0.2, 0.25) is 0 Å². The Balaban J connectivity index is 1.66. The molecule has 0 aromatic heterocycles. The van der Waals surface area contributed by atoms with Crippen LogP contribution >= 0.6 is 0 Å². The van der Waals surface area contributed by atoms with Crippen LogP contribution in [0, 0.1) is 0 Å². The topological polar surface area (TPSA) is 63.7 Å². The molecule has 1 aromatic carbocycles. The first-order chi connectivity index (χ1) is 9.66. The van der Waals surface area contributed by atoms with Gasteiger partial charge in [-0.05, 0) is 25.0 Å². The minimum atomic E-state index is -0.257. The van der Waals surface area contributed by atoms with E-state index in [0.29, 0.717) is 30.5 Å². The molecule has 1 atom stereocenters. The van der Waals surface area contributed by atoms with Gasteiger partial charge < -0.3 is 4.74 Å². The number of hydrogen-bond donors (Lipinski definition) is 0. The summed E-state index contributed by atoms with van der Waals surface area (Å²) in [5.74, 6) is -0.705. The minimum absolute atomic E-state index is 0.180. The first-order valence-electron chi connectivity index (χ1n) is 6.81. The molecule has 0 saturated carbocycles. The van der Waals surface area contributed by atoms with E-state index in [9.17, 15) is 14.4 Å². The van der Waals surface area contributed by atoms with E-state index < -0.39 is 0 Å². The van der Waals surface area contributed by atoms with Crippen molar-refractivity contribution in [2.45, 2.75) is 31.8 Å². The fraction of sp³-hybridized carbons (Fsp3) is 0.400. The minimum Gasteiger partial charge on any atom is -0.462 e. The van der Waals surface area contributed by atoms with Crippen molar-refractivity contribution in [3.8, 4) is 0 Å². The Morgan fingerprint density at radius 3 is 2.35 bits per heavy atom. The van der Waals surface area contributed by atoms with Gasteiger partial charge in [0.15, 0.2) is 0 Å². The summed E-state index contributed by atoms with van der Waals surface area (Å²) in [4.78, 5) is 36.7. The monoisotopic (exact) mass is 273 g/mol. The van der Waals surface area contributed by atoms with Crippen LogP contribution in [-0.4, -0.2) is 35.3 Å². The number of imide groups is 1. The molecule has 1 saturated heterocycles. The zero-order valence-corrected chi connectivity index (χ0v) is 11.0. The first-order valence-corrected chi connectivity index (χ1v) is 6.81. The van der Waals surface area contributed by atoms with E-state index in [1.807, 2.05) is 0 Å². The van der Waals surface area contributed by atoms with E-state index in [1.54, 1.807) is 24.3 Å². The van der Waals surface area contributed by atoms with Gasteiger partial charge in [0, 0.05) is 19.4 Å². The second kappa shape index (κ2) is 5.07. The average Bonchev–Trinajstić information content (AvgIpc) is 2.70. The van der Waals surface area contributed by atoms with Gasteiger partial charge in [-0.25, -0.2) is 0 Å². The molecular weight excluding hydrogens is 258 g/mol. The predicted octanol–water partition coefficient (Wildman–Crippen LogP) is 1.77. The van der Waals surface area contributed by atoms with Crippen molar-refractivity contribution >= 4 is 17.8 Å². The number of cyclic esters (lactones) is 1. The summed E-state index contributed by atoms with van der Waals surface area (Å²) in [6, 6.07) is 6.82. The van der Waals surface area contributed by atoms with E-state index >= 15 is 0 Å². The summed E-state index contributed by atoms with van der Waals surface area (Å²) in [6.07, 6.45) is 2.40. The number of nitrogens with zero attached hydrogens (tertiary/aromatic N) is 1. The number of carbonyl (C=O) groups is 3. The highest BCUT2D eigenvalue weighted by atomic mass is 16.5. The van der Waals surface area contributed by atoms with Crippen LogP contribution in [0.4, 0.5) is 0 Å². The van der Waals surface area contributed by atoms with Gasteiger partial charge in [-0.3, -0.25) is 19.3 Å². The van der Waals surface area contributed by atoms with Gasteiger partial charge in [0.1, 0.15) is 6.10 Å². The fourth-order valence-electron chi connectivity index (χ4n) is 2.70. The van der Waals surface area contributed by atoms with E-state index in [0.717, 1.165) is 12.8 Å². The summed E-state index contributed by atoms with van der Waals surface area (Å²) in [5.41, 5.74) is 0.913. The third-order valence-electron chi connectivity index (χ3n) is 3.76. The predicted molar refractivity (Wildman–Crippen MR) is 70.2 cm³/mol. The summed E-state index contributed by atoms with van der Waals surface area (Å²) < 4.78 is 5.21. The van der Waals surface area contributed by atoms with Crippen molar-refractivity contribution in [2.24, 2.45) is 0 Å². The number of benzene rings is 1. The quantitative estimate of drug-likeness (QED) is 0.622. The highest BCUT2D eigenvalue weighted by Gasteiger charge is 2.35. The largest absolute Gasteiger partial charge is 0.462 e. The lowest BCUT2D eigenvalue weighted by Crippen LogP contribution is -2.34. The number of ether oxygens (including phenoxy) is 1. The number of carbonyl (C=O) groups excluding carboxylic acids is 3. The number of amides is 2. The van der Waals surface area contributed by atoms with E-state index in [2.05, 4.69) is 0 Å². The number of rotatable bonds is 3. The molecule has 2 amide bonds. The fourth-order valence-corrected chi connectivity index (χ4v) is 2.70. The molecule has 5 heteroatoms. The molecule has 2 heterocycles. The van der Waals surface area contributed by atoms with Crippen molar-refractivity contribution in [3.63, 3.8) is 0 Å². The van der Waals surface area contributed by atoms with Gasteiger partial charge in [0.05, 0.1) is 11.1 Å². The molecule has 20 heavy (non-hydrogen) atoms. The Kier molecular flexibility index (Phi) is 3.26. The van der Waals surface area contributed by atoms with Gasteiger partial charge in [-0.2, -0.15) is 0 Å². The van der Waals surface area contributed by atoms with E-state index in [1.165, 1.54) is 4.90 Å². The molecule has 2 aliphatic heterocycles. The maximum Gasteiger partial charge on any atom is 0.306 e. The zero-order chi connectivity index (χ0) is 14.1. The number of hydrogen-bond acceptors (Lipinski definition) is 4. The molecule has 1 aromatic rings. The first kappa shape index (κ1) is 12.8. The van der Waals surface area contributed by atoms with Crippen LogP contribution in [0.1, 0.15) is 46.4 Å². The van der Waals surface area contributed by atoms with Crippen molar-refractivity contribution in [2.75, 3.05) is 6.54 Å². The molecular formula is C15H15NO4. The summed E-state index contributed by atoms with van der Waals surface area (Å²) in [7, 11) is 0. The standard InChI is InChI=1S/C15H15NO4/c17-13-7-3-4-10(20-13)8-9-16-14(18)11-5-1-2-6-12(11)15(16)19/h1-2,5-6,10H,3-4,7-9H2/t10-/m0/s1. The zero-order valence-electron chi connectivity index (χ0n) is 11.0. The summed E-state index contributed by atoms with van der Waals surface area (Å²) in [5, 5.41) is 0. The van der Waals surface area contributed by atoms with Crippen LogP contribution in [-0.2, 0) is 9.53 Å². The second-order valence-electron chi connectivity index (χ2n) is 5.10. The van der Waals surface area contributed by atoms with Crippen LogP contribution in [0.15, 0.2) is 24.3 Å². The molecule has 104 valence electrons. The molecule has 0 unspecified atom stereocenters. The van der Waals surface area contributed by atoms with Crippen molar-refractivity contribution in [3.05, 3.63) is 35.4 Å². The van der Waals surface area contributed by atoms with Gasteiger partial charge >= 0.3 is 5.97 Å². The summed E-state index contributed by atoms with van der Waals surface area (Å²) >= 11 is 0. The number of fused-ring (bicyclic) bond motifs is 1. The molecule has 3 rings (SSSR count). The van der Waals surface area contributed by atoms with Gasteiger partial charge in [0.25, 0.3) is 11.8 Å². The van der Waals surface area contributed by atoms with Crippen molar-refractivity contribution in [1.29, 1.82) is 0 Å². The molecule has 0 spiro atoms. The third-order valence-corrected chi connectivity index (χ3v) is 3.76. The maximum absolute atomic E-state index is 12.1. The Morgan fingerprint density at radius 1 is 1.10 bits per heavy atom. The lowest BCUT2D eigenvalue weighted by atomic mass is 10.1. The van der Waals surface area contributed by atoms with Crippen LogP contribution < -0.4 is 0 Å². The maximum atomic E-state index is 12.1. The summed E-state index contributed by atoms with van der Waals surface area (Å²) in [6.45, 7) is 0.296. The van der Waals surface area contributed by atoms with Gasteiger partial charge in [0.2, 0.25) is 0 Å². The molecule has 1 fully saturated rings. The smallest absolute Gasteiger partial charge is 0.306 e. The van der Waals surface area contributed by atoms with Crippen molar-refractivity contribution < 1.29 is 19.1 Å². The Labute approximate surface area is 116 Å². The van der Waals surface area contributed by atoms with Crippen LogP contribution in [0.3, 0.4) is 0 Å². The van der Waals surface area contributed by atoms with E-state index in [4.69, 9.17) is 4.74 Å². The lowest BCUT2D eigenvalue weighted by molar-refractivity contribution is -0.154. The molecule has 0 radical (unpaired) electrons. The SMILES string of the molecule is O=C1CCC[C@@H](CCN2C(=O)c3ccccc3C2=O)O1. The molecule has 2 aliphatic rings. The normalized spacial score (nSPS) is 21.9. The van der Waals surface area contributed by atoms with E-state index in [-0.39, 0.29) is 23.9 Å². The highest BCUT2D eigenvalue weighted by molar-refractivity contribution is 6.21. The van der Waals surface area contributed by atoms with Crippen LogP contribution in [0.25, 0.3) is 0 Å². The van der Waals surface area contributed by atoms with Gasteiger partial charge in [-0.15, -0.1) is 0 Å². The Hall–Kier alpha value is -2.17. The molecule has 0 N–H and O–H groups in total. The molecule has 0 bridgehead atoms. The lowest BCUT2D eigenvalue weighted by Gasteiger charge is -2.24. The van der Waals surface area contributed by atoms with Crippen molar-refractivity contribution in [1.82, 2.24) is 4.90 Å². The van der Waals surface area contributed by atoms with Crippen LogP contribution in [0.5, 0.6) is 0 Å². The Bertz CT molecular complexity index is 546.